The summed E-state index contributed by atoms with van der Waals surface area (Å²) in [5.41, 5.74) is 1.16. The van der Waals surface area contributed by atoms with Crippen molar-refractivity contribution in [1.82, 2.24) is 19.5 Å². The van der Waals surface area contributed by atoms with Crippen LogP contribution in [-0.2, 0) is 0 Å². The molecule has 0 radical (unpaired) electrons. The van der Waals surface area contributed by atoms with Crippen molar-refractivity contribution in [1.29, 1.82) is 0 Å². The van der Waals surface area contributed by atoms with Crippen LogP contribution in [0.1, 0.15) is 111 Å². The Morgan fingerprint density at radius 3 is 2.07 bits per heavy atom. The Bertz CT molecular complexity index is 893. The molecule has 3 saturated carbocycles. The number of hydrogen-bond acceptors (Lipinski definition) is 3. The van der Waals surface area contributed by atoms with Gasteiger partial charge in [-0.1, -0.05) is 38.5 Å². The molecule has 0 atom stereocenters. The van der Waals surface area contributed by atoms with Crippen LogP contribution in [0.2, 0.25) is 0 Å². The van der Waals surface area contributed by atoms with Crippen LogP contribution in [0.3, 0.4) is 0 Å². The van der Waals surface area contributed by atoms with Gasteiger partial charge in [0.2, 0.25) is 0 Å². The fourth-order valence-electron chi connectivity index (χ4n) is 5.35. The Kier molecular flexibility index (Phi) is 5.46. The number of nitrogens with zero attached hydrogens (tertiary/aromatic N) is 4. The molecule has 0 N–H and O–H groups in total. The SMILES string of the molecule is O=C(c1cc2nc(C3CC3)cc(C(F)F)n2n1)N(C1CCCCC1)C1CCCCC1. The average Bonchev–Trinajstić information content (AvgIpc) is 3.53. The molecule has 0 saturated heterocycles. The van der Waals surface area contributed by atoms with Crippen LogP contribution >= 0.6 is 0 Å². The van der Waals surface area contributed by atoms with Gasteiger partial charge in [0.1, 0.15) is 5.69 Å². The molecule has 5 nitrogen and oxygen atoms in total. The molecule has 0 spiro atoms. The van der Waals surface area contributed by atoms with Crippen molar-refractivity contribution < 1.29 is 13.6 Å². The minimum atomic E-state index is -2.65. The number of halogens is 2. The van der Waals surface area contributed by atoms with Crippen LogP contribution in [0.25, 0.3) is 5.65 Å². The largest absolute Gasteiger partial charge is 0.331 e. The number of amides is 1. The highest BCUT2D eigenvalue weighted by Crippen LogP contribution is 2.40. The molecular formula is C23H30F2N4O. The van der Waals surface area contributed by atoms with Crippen molar-refractivity contribution in [3.63, 3.8) is 0 Å². The van der Waals surface area contributed by atoms with E-state index in [1.807, 2.05) is 0 Å². The van der Waals surface area contributed by atoms with Crippen molar-refractivity contribution in [2.45, 2.75) is 101 Å². The van der Waals surface area contributed by atoms with Gasteiger partial charge in [-0.15, -0.1) is 0 Å². The van der Waals surface area contributed by atoms with Gasteiger partial charge in [-0.25, -0.2) is 18.3 Å². The highest BCUT2D eigenvalue weighted by atomic mass is 19.3. The molecule has 0 unspecified atom stereocenters. The molecule has 3 fully saturated rings. The molecule has 0 aliphatic heterocycles. The fraction of sp³-hybridized carbons (Fsp3) is 0.696. The van der Waals surface area contributed by atoms with E-state index < -0.39 is 6.43 Å². The van der Waals surface area contributed by atoms with Gasteiger partial charge in [-0.3, -0.25) is 4.79 Å². The van der Waals surface area contributed by atoms with Gasteiger partial charge < -0.3 is 4.90 Å². The topological polar surface area (TPSA) is 50.5 Å². The number of alkyl halides is 2. The summed E-state index contributed by atoms with van der Waals surface area (Å²) in [5.74, 6) is 0.162. The average molecular weight is 417 g/mol. The number of carbonyl (C=O) groups excluding carboxylic acids is 1. The fourth-order valence-corrected chi connectivity index (χ4v) is 5.35. The third-order valence-corrected chi connectivity index (χ3v) is 7.08. The van der Waals surface area contributed by atoms with Crippen LogP contribution < -0.4 is 0 Å². The second kappa shape index (κ2) is 8.23. The lowest BCUT2D eigenvalue weighted by atomic mass is 9.88. The summed E-state index contributed by atoms with van der Waals surface area (Å²) >= 11 is 0. The van der Waals surface area contributed by atoms with E-state index in [4.69, 9.17) is 0 Å². The third-order valence-electron chi connectivity index (χ3n) is 7.08. The minimum absolute atomic E-state index is 0.104. The maximum absolute atomic E-state index is 13.7. The van der Waals surface area contributed by atoms with Crippen LogP contribution in [0.15, 0.2) is 12.1 Å². The Morgan fingerprint density at radius 2 is 1.53 bits per heavy atom. The first-order chi connectivity index (χ1) is 14.6. The first kappa shape index (κ1) is 19.9. The van der Waals surface area contributed by atoms with Crippen molar-refractivity contribution in [3.8, 4) is 0 Å². The zero-order chi connectivity index (χ0) is 20.7. The molecule has 2 heterocycles. The maximum atomic E-state index is 13.7. The molecule has 1 amide bonds. The molecule has 0 bridgehead atoms. The van der Waals surface area contributed by atoms with Gasteiger partial charge in [0, 0.05) is 29.8 Å². The molecule has 2 aromatic rings. The summed E-state index contributed by atoms with van der Waals surface area (Å²) in [4.78, 5) is 20.3. The van der Waals surface area contributed by atoms with Gasteiger partial charge in [-0.05, 0) is 44.6 Å². The van der Waals surface area contributed by atoms with Gasteiger partial charge in [0.25, 0.3) is 12.3 Å². The highest BCUT2D eigenvalue weighted by molar-refractivity contribution is 5.94. The van der Waals surface area contributed by atoms with Crippen LogP contribution in [0.4, 0.5) is 8.78 Å². The Hall–Kier alpha value is -2.05. The first-order valence-corrected chi connectivity index (χ1v) is 11.6. The molecule has 0 aromatic carbocycles. The van der Waals surface area contributed by atoms with Crippen molar-refractivity contribution in [2.24, 2.45) is 0 Å². The second-order valence-electron chi connectivity index (χ2n) is 9.28. The highest BCUT2D eigenvalue weighted by Gasteiger charge is 2.35. The normalized spacial score (nSPS) is 21.4. The van der Waals surface area contributed by atoms with Crippen molar-refractivity contribution >= 4 is 11.6 Å². The number of fused-ring (bicyclic) bond motifs is 1. The van der Waals surface area contributed by atoms with E-state index in [-0.39, 0.29) is 35.3 Å². The number of aromatic nitrogens is 3. The number of carbonyl (C=O) groups is 1. The minimum Gasteiger partial charge on any atom is -0.331 e. The Morgan fingerprint density at radius 1 is 0.933 bits per heavy atom. The van der Waals surface area contributed by atoms with Crippen LogP contribution in [0, 0.1) is 0 Å². The summed E-state index contributed by atoms with van der Waals surface area (Å²) in [6, 6.07) is 3.57. The lowest BCUT2D eigenvalue weighted by Crippen LogP contribution is -2.48. The van der Waals surface area contributed by atoms with Crippen LogP contribution in [0.5, 0.6) is 0 Å². The van der Waals surface area contributed by atoms with Gasteiger partial charge in [-0.2, -0.15) is 5.10 Å². The quantitative estimate of drug-likeness (QED) is 0.633. The zero-order valence-corrected chi connectivity index (χ0v) is 17.4. The van der Waals surface area contributed by atoms with E-state index in [0.717, 1.165) is 64.2 Å². The molecule has 5 rings (SSSR count). The predicted molar refractivity (Wildman–Crippen MR) is 110 cm³/mol. The lowest BCUT2D eigenvalue weighted by molar-refractivity contribution is 0.0441. The van der Waals surface area contributed by atoms with Crippen molar-refractivity contribution in [2.75, 3.05) is 0 Å². The number of rotatable bonds is 5. The van der Waals surface area contributed by atoms with E-state index in [9.17, 15) is 13.6 Å². The number of hydrogen-bond donors (Lipinski definition) is 0. The molecule has 7 heteroatoms. The molecule has 2 aromatic heterocycles. The predicted octanol–water partition coefficient (Wildman–Crippen LogP) is 5.65. The Balaban J connectivity index is 1.51. The first-order valence-electron chi connectivity index (χ1n) is 11.6. The summed E-state index contributed by atoms with van der Waals surface area (Å²) < 4.78 is 28.6. The van der Waals surface area contributed by atoms with Crippen molar-refractivity contribution in [3.05, 3.63) is 29.2 Å². The molecule has 3 aliphatic rings. The summed E-state index contributed by atoms with van der Waals surface area (Å²) in [7, 11) is 0. The summed E-state index contributed by atoms with van der Waals surface area (Å²) in [5, 5.41) is 4.35. The summed E-state index contributed by atoms with van der Waals surface area (Å²) in [6.45, 7) is 0. The zero-order valence-electron chi connectivity index (χ0n) is 17.4. The van der Waals surface area contributed by atoms with E-state index in [1.165, 1.54) is 23.4 Å². The van der Waals surface area contributed by atoms with Gasteiger partial charge >= 0.3 is 0 Å². The molecule has 162 valence electrons. The van der Waals surface area contributed by atoms with Crippen LogP contribution in [-0.4, -0.2) is 37.5 Å². The molecule has 30 heavy (non-hydrogen) atoms. The van der Waals surface area contributed by atoms with Gasteiger partial charge in [0.15, 0.2) is 11.3 Å². The smallest absolute Gasteiger partial charge is 0.280 e. The summed E-state index contributed by atoms with van der Waals surface area (Å²) in [6.07, 6.45) is 10.5. The molecule has 3 aliphatic carbocycles. The maximum Gasteiger partial charge on any atom is 0.280 e. The van der Waals surface area contributed by atoms with E-state index in [2.05, 4.69) is 15.0 Å². The van der Waals surface area contributed by atoms with E-state index in [0.29, 0.717) is 11.3 Å². The van der Waals surface area contributed by atoms with E-state index >= 15 is 0 Å². The lowest BCUT2D eigenvalue weighted by Gasteiger charge is -2.41. The second-order valence-corrected chi connectivity index (χ2v) is 9.28. The standard InChI is InChI=1S/C23H30F2N4O/c24-22(25)20-13-18(15-11-12-15)26-21-14-19(27-29(20)21)23(30)28(16-7-3-1-4-8-16)17-9-5-2-6-10-17/h13-17,22H,1-12H2. The Labute approximate surface area is 175 Å². The molecular weight excluding hydrogens is 386 g/mol. The third kappa shape index (κ3) is 3.83. The van der Waals surface area contributed by atoms with E-state index in [1.54, 1.807) is 6.07 Å². The van der Waals surface area contributed by atoms with Gasteiger partial charge in [0.05, 0.1) is 0 Å². The monoisotopic (exact) mass is 416 g/mol.